The van der Waals surface area contributed by atoms with Crippen LogP contribution in [0.15, 0.2) is 18.8 Å². The van der Waals surface area contributed by atoms with Crippen molar-refractivity contribution in [2.45, 2.75) is 0 Å². The molecule has 78 valence electrons. The van der Waals surface area contributed by atoms with E-state index in [-0.39, 0.29) is 11.1 Å². The van der Waals surface area contributed by atoms with Crippen LogP contribution in [0.1, 0.15) is 26.4 Å². The predicted molar refractivity (Wildman–Crippen MR) is 52.6 cm³/mol. The van der Waals surface area contributed by atoms with Crippen molar-refractivity contribution in [3.05, 3.63) is 35.7 Å². The number of carboxylic acid groups (broad SMARTS) is 1. The van der Waals surface area contributed by atoms with Crippen molar-refractivity contribution in [3.8, 4) is 0 Å². The average molecular weight is 207 g/mol. The van der Waals surface area contributed by atoms with Crippen molar-refractivity contribution in [2.24, 2.45) is 0 Å². The highest BCUT2D eigenvalue weighted by atomic mass is 16.5. The lowest BCUT2D eigenvalue weighted by atomic mass is 10.1. The molecule has 0 unspecified atom stereocenters. The van der Waals surface area contributed by atoms with Gasteiger partial charge in [0.05, 0.1) is 23.9 Å². The minimum absolute atomic E-state index is 0.0685. The molecule has 5 heteroatoms. The Kier molecular flexibility index (Phi) is 3.17. The zero-order valence-corrected chi connectivity index (χ0v) is 8.06. The van der Waals surface area contributed by atoms with Crippen LogP contribution in [0.3, 0.4) is 0 Å². The van der Waals surface area contributed by atoms with Gasteiger partial charge >= 0.3 is 11.9 Å². The van der Waals surface area contributed by atoms with Gasteiger partial charge < -0.3 is 9.84 Å². The van der Waals surface area contributed by atoms with E-state index in [9.17, 15) is 9.59 Å². The monoisotopic (exact) mass is 207 g/mol. The van der Waals surface area contributed by atoms with E-state index in [0.717, 1.165) is 6.20 Å². The maximum atomic E-state index is 11.3. The first-order valence-corrected chi connectivity index (χ1v) is 4.04. The van der Waals surface area contributed by atoms with E-state index in [1.165, 1.54) is 19.3 Å². The third-order valence-corrected chi connectivity index (χ3v) is 1.76. The van der Waals surface area contributed by atoms with Crippen molar-refractivity contribution >= 4 is 18.0 Å². The van der Waals surface area contributed by atoms with Crippen molar-refractivity contribution in [2.75, 3.05) is 7.11 Å². The Morgan fingerprint density at radius 1 is 1.60 bits per heavy atom. The van der Waals surface area contributed by atoms with Crippen LogP contribution < -0.4 is 0 Å². The first-order chi connectivity index (χ1) is 7.10. The molecule has 5 nitrogen and oxygen atoms in total. The number of methoxy groups -OCH3 is 1. The average Bonchev–Trinajstić information content (AvgIpc) is 2.27. The van der Waals surface area contributed by atoms with Crippen LogP contribution in [0, 0.1) is 0 Å². The summed E-state index contributed by atoms with van der Waals surface area (Å²) in [5, 5.41) is 8.71. The van der Waals surface area contributed by atoms with Crippen LogP contribution in [0.5, 0.6) is 0 Å². The number of rotatable bonds is 3. The molecule has 0 spiro atoms. The fraction of sp³-hybridized carbons (Fsp3) is 0.100. The van der Waals surface area contributed by atoms with Gasteiger partial charge in [-0.3, -0.25) is 4.98 Å². The SMILES string of the molecule is C=Cc1ncc(C(=O)O)cc1C(=O)OC. The minimum Gasteiger partial charge on any atom is -0.478 e. The molecule has 15 heavy (non-hydrogen) atoms. The second kappa shape index (κ2) is 4.36. The highest BCUT2D eigenvalue weighted by Gasteiger charge is 2.14. The lowest BCUT2D eigenvalue weighted by molar-refractivity contribution is 0.0600. The quantitative estimate of drug-likeness (QED) is 0.754. The lowest BCUT2D eigenvalue weighted by Crippen LogP contribution is -2.08. The Morgan fingerprint density at radius 3 is 2.73 bits per heavy atom. The van der Waals surface area contributed by atoms with Gasteiger partial charge in [0, 0.05) is 6.20 Å². The first kappa shape index (κ1) is 10.9. The molecular formula is C10H9NO4. The third kappa shape index (κ3) is 2.19. The van der Waals surface area contributed by atoms with Crippen molar-refractivity contribution in [1.29, 1.82) is 0 Å². The van der Waals surface area contributed by atoms with Gasteiger partial charge in [-0.2, -0.15) is 0 Å². The van der Waals surface area contributed by atoms with E-state index in [0.29, 0.717) is 5.69 Å². The van der Waals surface area contributed by atoms with Crippen molar-refractivity contribution < 1.29 is 19.4 Å². The number of carbonyl (C=O) groups is 2. The number of aromatic nitrogens is 1. The number of carboxylic acids is 1. The van der Waals surface area contributed by atoms with Gasteiger partial charge in [0.15, 0.2) is 0 Å². The molecule has 1 aromatic rings. The summed E-state index contributed by atoms with van der Waals surface area (Å²) in [4.78, 5) is 25.7. The fourth-order valence-corrected chi connectivity index (χ4v) is 1.03. The number of hydrogen-bond donors (Lipinski definition) is 1. The van der Waals surface area contributed by atoms with Gasteiger partial charge in [-0.05, 0) is 12.1 Å². The molecule has 0 aliphatic rings. The molecule has 0 amide bonds. The number of esters is 1. The van der Waals surface area contributed by atoms with Gasteiger partial charge in [-0.15, -0.1) is 0 Å². The molecule has 1 N–H and O–H groups in total. The highest BCUT2D eigenvalue weighted by molar-refractivity contribution is 5.96. The Bertz CT molecular complexity index is 425. The van der Waals surface area contributed by atoms with Crippen molar-refractivity contribution in [3.63, 3.8) is 0 Å². The molecule has 1 aromatic heterocycles. The highest BCUT2D eigenvalue weighted by Crippen LogP contribution is 2.11. The molecule has 0 fully saturated rings. The third-order valence-electron chi connectivity index (χ3n) is 1.76. The van der Waals surface area contributed by atoms with Crippen molar-refractivity contribution in [1.82, 2.24) is 4.98 Å². The summed E-state index contributed by atoms with van der Waals surface area (Å²) < 4.78 is 4.49. The summed E-state index contributed by atoms with van der Waals surface area (Å²) in [5.41, 5.74) is 0.320. The molecule has 1 rings (SSSR count). The molecule has 0 atom stereocenters. The Balaban J connectivity index is 3.31. The number of pyridine rings is 1. The molecule has 0 radical (unpaired) electrons. The molecule has 0 aliphatic carbocycles. The number of carbonyl (C=O) groups excluding carboxylic acids is 1. The summed E-state index contributed by atoms with van der Waals surface area (Å²) in [6.07, 6.45) is 2.52. The molecule has 1 heterocycles. The summed E-state index contributed by atoms with van der Waals surface area (Å²) in [7, 11) is 1.21. The molecule has 0 saturated carbocycles. The predicted octanol–water partition coefficient (Wildman–Crippen LogP) is 1.21. The van der Waals surface area contributed by atoms with Crippen LogP contribution in [-0.2, 0) is 4.74 Å². The topological polar surface area (TPSA) is 76.5 Å². The molecule has 0 bridgehead atoms. The standard InChI is InChI=1S/C10H9NO4/c1-3-8-7(10(14)15-2)4-6(5-11-8)9(12)13/h3-5H,1H2,2H3,(H,12,13). The largest absolute Gasteiger partial charge is 0.478 e. The van der Waals surface area contributed by atoms with E-state index in [1.807, 2.05) is 0 Å². The van der Waals surface area contributed by atoms with Gasteiger partial charge in [-0.25, -0.2) is 9.59 Å². The zero-order valence-electron chi connectivity index (χ0n) is 8.06. The van der Waals surface area contributed by atoms with Crippen LogP contribution in [-0.4, -0.2) is 29.1 Å². The van der Waals surface area contributed by atoms with Gasteiger partial charge in [-0.1, -0.05) is 6.58 Å². The summed E-state index contributed by atoms with van der Waals surface area (Å²) >= 11 is 0. The van der Waals surface area contributed by atoms with E-state index in [1.54, 1.807) is 0 Å². The Hall–Kier alpha value is -2.17. The van der Waals surface area contributed by atoms with Crippen LogP contribution in [0.25, 0.3) is 6.08 Å². The Morgan fingerprint density at radius 2 is 2.27 bits per heavy atom. The Labute approximate surface area is 86.0 Å². The van der Waals surface area contributed by atoms with E-state index in [2.05, 4.69) is 16.3 Å². The lowest BCUT2D eigenvalue weighted by Gasteiger charge is -2.03. The summed E-state index contributed by atoms with van der Waals surface area (Å²) in [5.74, 6) is -1.79. The molecule has 0 aliphatic heterocycles. The van der Waals surface area contributed by atoms with Gasteiger partial charge in [0.2, 0.25) is 0 Å². The maximum absolute atomic E-state index is 11.3. The zero-order chi connectivity index (χ0) is 11.4. The minimum atomic E-state index is -1.15. The van der Waals surface area contributed by atoms with Crippen LogP contribution in [0.4, 0.5) is 0 Å². The van der Waals surface area contributed by atoms with Crippen LogP contribution in [0.2, 0.25) is 0 Å². The van der Waals surface area contributed by atoms with Crippen LogP contribution >= 0.6 is 0 Å². The molecule has 0 saturated heterocycles. The second-order valence-electron chi connectivity index (χ2n) is 2.66. The fourth-order valence-electron chi connectivity index (χ4n) is 1.03. The molecule has 0 aromatic carbocycles. The van der Waals surface area contributed by atoms with Gasteiger partial charge in [0.25, 0.3) is 0 Å². The number of aromatic carboxylic acids is 1. The first-order valence-electron chi connectivity index (χ1n) is 4.04. The van der Waals surface area contributed by atoms with E-state index in [4.69, 9.17) is 5.11 Å². The summed E-state index contributed by atoms with van der Waals surface area (Å²) in [6, 6.07) is 1.21. The number of ether oxygens (including phenoxy) is 1. The smallest absolute Gasteiger partial charge is 0.340 e. The summed E-state index contributed by atoms with van der Waals surface area (Å²) in [6.45, 7) is 3.47. The number of nitrogens with zero attached hydrogens (tertiary/aromatic N) is 1. The van der Waals surface area contributed by atoms with Gasteiger partial charge in [0.1, 0.15) is 0 Å². The number of hydrogen-bond acceptors (Lipinski definition) is 4. The normalized spacial score (nSPS) is 9.40. The molecular weight excluding hydrogens is 198 g/mol. The maximum Gasteiger partial charge on any atom is 0.340 e. The van der Waals surface area contributed by atoms with E-state index >= 15 is 0 Å². The second-order valence-corrected chi connectivity index (χ2v) is 2.66. The van der Waals surface area contributed by atoms with E-state index < -0.39 is 11.9 Å².